The van der Waals surface area contributed by atoms with Gasteiger partial charge in [-0.2, -0.15) is 4.31 Å². The third-order valence-corrected chi connectivity index (χ3v) is 10.1. The second kappa shape index (κ2) is 14.4. The van der Waals surface area contributed by atoms with Crippen LogP contribution in [0.1, 0.15) is 82.3 Å². The van der Waals surface area contributed by atoms with Gasteiger partial charge in [-0.05, 0) is 68.9 Å². The number of sulfonamides is 1. The minimum absolute atomic E-state index is 0.135. The number of likely N-dealkylation sites (tertiary alicyclic amines) is 1. The summed E-state index contributed by atoms with van der Waals surface area (Å²) in [6, 6.07) is 12.5. The number of hydrogen-bond acceptors (Lipinski definition) is 4. The van der Waals surface area contributed by atoms with Crippen LogP contribution in [-0.4, -0.2) is 66.1 Å². The minimum atomic E-state index is -3.84. The fourth-order valence-corrected chi connectivity index (χ4v) is 7.15. The number of amides is 2. The van der Waals surface area contributed by atoms with E-state index in [1.807, 2.05) is 11.8 Å². The lowest BCUT2D eigenvalue weighted by atomic mass is 10.0. The Hall–Kier alpha value is -2.78. The fraction of sp³-hybridized carbons (Fsp3) is 0.562. The first-order valence-electron chi connectivity index (χ1n) is 15.1. The van der Waals surface area contributed by atoms with Crippen molar-refractivity contribution in [1.29, 1.82) is 0 Å². The zero-order valence-corrected chi connectivity index (χ0v) is 25.3. The maximum Gasteiger partial charge on any atom is 0.243 e. The van der Waals surface area contributed by atoms with Crippen LogP contribution in [0, 0.1) is 12.7 Å². The SMILES string of the molecule is CCCCCCCC(=O)N1CCC(N(Cc2ccc(F)cc2)C(=O)CN(C2CC2)S(=O)(=O)c2ccc(C)cc2)CC1. The molecule has 2 aromatic rings. The summed E-state index contributed by atoms with van der Waals surface area (Å²) in [5.41, 5.74) is 1.74. The van der Waals surface area contributed by atoms with Gasteiger partial charge in [0.1, 0.15) is 5.82 Å². The maximum absolute atomic E-state index is 13.9. The van der Waals surface area contributed by atoms with E-state index in [4.69, 9.17) is 0 Å². The number of aryl methyl sites for hydroxylation is 1. The largest absolute Gasteiger partial charge is 0.343 e. The highest BCUT2D eigenvalue weighted by molar-refractivity contribution is 7.89. The van der Waals surface area contributed by atoms with E-state index in [9.17, 15) is 22.4 Å². The molecule has 0 spiro atoms. The fourth-order valence-electron chi connectivity index (χ4n) is 5.51. The third-order valence-electron chi connectivity index (χ3n) is 8.21. The zero-order chi connectivity index (χ0) is 29.4. The smallest absolute Gasteiger partial charge is 0.243 e. The number of rotatable bonds is 14. The molecule has 9 heteroatoms. The van der Waals surface area contributed by atoms with Gasteiger partial charge < -0.3 is 9.80 Å². The number of piperidine rings is 1. The lowest BCUT2D eigenvalue weighted by molar-refractivity contribution is -0.137. The Morgan fingerprint density at radius 2 is 1.51 bits per heavy atom. The molecule has 2 aliphatic rings. The van der Waals surface area contributed by atoms with E-state index in [0.717, 1.165) is 43.2 Å². The zero-order valence-electron chi connectivity index (χ0n) is 24.4. The van der Waals surface area contributed by atoms with Crippen molar-refractivity contribution in [2.24, 2.45) is 0 Å². The Kier molecular flexibility index (Phi) is 10.9. The van der Waals surface area contributed by atoms with Crippen LogP contribution >= 0.6 is 0 Å². The van der Waals surface area contributed by atoms with E-state index in [1.165, 1.54) is 29.3 Å². The van der Waals surface area contributed by atoms with E-state index < -0.39 is 10.0 Å². The summed E-state index contributed by atoms with van der Waals surface area (Å²) >= 11 is 0. The van der Waals surface area contributed by atoms with Crippen LogP contribution in [0.4, 0.5) is 4.39 Å². The molecule has 2 amide bonds. The molecule has 2 aromatic carbocycles. The molecule has 2 fully saturated rings. The molecule has 224 valence electrons. The lowest BCUT2D eigenvalue weighted by Crippen LogP contribution is -2.51. The Balaban J connectivity index is 1.45. The normalized spacial score (nSPS) is 16.2. The van der Waals surface area contributed by atoms with Crippen molar-refractivity contribution >= 4 is 21.8 Å². The average molecular weight is 586 g/mol. The Morgan fingerprint density at radius 1 is 0.878 bits per heavy atom. The molecule has 1 aliphatic carbocycles. The monoisotopic (exact) mass is 585 g/mol. The highest BCUT2D eigenvalue weighted by Crippen LogP contribution is 2.33. The number of carbonyl (C=O) groups is 2. The number of halogens is 1. The van der Waals surface area contributed by atoms with Crippen molar-refractivity contribution in [1.82, 2.24) is 14.1 Å². The lowest BCUT2D eigenvalue weighted by Gasteiger charge is -2.39. The minimum Gasteiger partial charge on any atom is -0.343 e. The van der Waals surface area contributed by atoms with Crippen LogP contribution in [0.5, 0.6) is 0 Å². The van der Waals surface area contributed by atoms with Gasteiger partial charge in [0.15, 0.2) is 0 Å². The van der Waals surface area contributed by atoms with Crippen LogP contribution in [-0.2, 0) is 26.2 Å². The van der Waals surface area contributed by atoms with Gasteiger partial charge in [0.2, 0.25) is 21.8 Å². The standard InChI is InChI=1S/C32H44FN3O4S/c1-3-4-5-6-7-8-31(37)34-21-19-28(20-22-34)35(23-26-11-13-27(33)14-12-26)32(38)24-36(29-15-16-29)41(39,40)30-17-9-25(2)10-18-30/h9-14,17-18,28-29H,3-8,15-16,19-24H2,1-2H3. The predicted molar refractivity (Wildman–Crippen MR) is 158 cm³/mol. The van der Waals surface area contributed by atoms with Crippen molar-refractivity contribution in [3.8, 4) is 0 Å². The van der Waals surface area contributed by atoms with Crippen LogP contribution in [0.15, 0.2) is 53.4 Å². The predicted octanol–water partition coefficient (Wildman–Crippen LogP) is 5.67. The molecule has 0 aromatic heterocycles. The Morgan fingerprint density at radius 3 is 2.12 bits per heavy atom. The van der Waals surface area contributed by atoms with Crippen molar-refractivity contribution in [3.63, 3.8) is 0 Å². The van der Waals surface area contributed by atoms with Gasteiger partial charge in [-0.25, -0.2) is 12.8 Å². The third kappa shape index (κ3) is 8.61. The van der Waals surface area contributed by atoms with Crippen LogP contribution in [0.2, 0.25) is 0 Å². The summed E-state index contributed by atoms with van der Waals surface area (Å²) in [5, 5.41) is 0. The summed E-state index contributed by atoms with van der Waals surface area (Å²) < 4.78 is 42.1. The summed E-state index contributed by atoms with van der Waals surface area (Å²) in [6.07, 6.45) is 8.77. The molecule has 0 bridgehead atoms. The first kappa shape index (κ1) is 31.2. The first-order valence-corrected chi connectivity index (χ1v) is 16.5. The van der Waals surface area contributed by atoms with Crippen LogP contribution in [0.25, 0.3) is 0 Å². The molecule has 4 rings (SSSR count). The molecule has 7 nitrogen and oxygen atoms in total. The molecule has 0 N–H and O–H groups in total. The van der Waals surface area contributed by atoms with Gasteiger partial charge in [-0.3, -0.25) is 9.59 Å². The molecule has 1 saturated heterocycles. The summed E-state index contributed by atoms with van der Waals surface area (Å²) in [6.45, 7) is 5.24. The molecule has 41 heavy (non-hydrogen) atoms. The van der Waals surface area contributed by atoms with E-state index in [-0.39, 0.29) is 47.7 Å². The topological polar surface area (TPSA) is 78.0 Å². The van der Waals surface area contributed by atoms with E-state index in [2.05, 4.69) is 6.92 Å². The van der Waals surface area contributed by atoms with Crippen molar-refractivity contribution in [2.75, 3.05) is 19.6 Å². The number of nitrogens with zero attached hydrogens (tertiary/aromatic N) is 3. The number of carbonyl (C=O) groups excluding carboxylic acids is 2. The molecular weight excluding hydrogens is 541 g/mol. The number of benzene rings is 2. The molecular formula is C32H44FN3O4S. The van der Waals surface area contributed by atoms with Crippen LogP contribution < -0.4 is 0 Å². The van der Waals surface area contributed by atoms with Gasteiger partial charge >= 0.3 is 0 Å². The first-order chi connectivity index (χ1) is 19.7. The van der Waals surface area contributed by atoms with Crippen LogP contribution in [0.3, 0.4) is 0 Å². The van der Waals surface area contributed by atoms with Gasteiger partial charge in [-0.1, -0.05) is 62.4 Å². The molecule has 0 atom stereocenters. The van der Waals surface area contributed by atoms with E-state index in [0.29, 0.717) is 32.4 Å². The summed E-state index contributed by atoms with van der Waals surface area (Å²) in [7, 11) is -3.84. The molecule has 1 aliphatic heterocycles. The van der Waals surface area contributed by atoms with E-state index in [1.54, 1.807) is 41.3 Å². The Bertz CT molecular complexity index is 1250. The molecule has 0 unspecified atom stereocenters. The summed E-state index contributed by atoms with van der Waals surface area (Å²) in [5.74, 6) is -0.449. The van der Waals surface area contributed by atoms with Crippen molar-refractivity contribution in [2.45, 2.75) is 102 Å². The maximum atomic E-state index is 13.9. The van der Waals surface area contributed by atoms with E-state index >= 15 is 0 Å². The second-order valence-corrected chi connectivity index (χ2v) is 13.4. The summed E-state index contributed by atoms with van der Waals surface area (Å²) in [4.78, 5) is 30.5. The average Bonchev–Trinajstić information content (AvgIpc) is 3.81. The Labute approximate surface area is 244 Å². The highest BCUT2D eigenvalue weighted by Gasteiger charge is 2.41. The number of unbranched alkanes of at least 4 members (excludes halogenated alkanes) is 4. The molecule has 1 saturated carbocycles. The number of hydrogen-bond donors (Lipinski definition) is 0. The second-order valence-electron chi connectivity index (χ2n) is 11.5. The van der Waals surface area contributed by atoms with Crippen molar-refractivity contribution < 1.29 is 22.4 Å². The van der Waals surface area contributed by atoms with Gasteiger partial charge in [0.05, 0.1) is 11.4 Å². The van der Waals surface area contributed by atoms with Gasteiger partial charge in [0, 0.05) is 38.1 Å². The molecule has 1 heterocycles. The van der Waals surface area contributed by atoms with Gasteiger partial charge in [0.25, 0.3) is 0 Å². The van der Waals surface area contributed by atoms with Gasteiger partial charge in [-0.15, -0.1) is 0 Å². The highest BCUT2D eigenvalue weighted by atomic mass is 32.2. The quantitative estimate of drug-likeness (QED) is 0.268. The van der Waals surface area contributed by atoms with Crippen molar-refractivity contribution in [3.05, 3.63) is 65.5 Å². The molecule has 0 radical (unpaired) electrons.